The van der Waals surface area contributed by atoms with Crippen molar-refractivity contribution in [3.8, 4) is 0 Å². The highest BCUT2D eigenvalue weighted by molar-refractivity contribution is 9.10. The van der Waals surface area contributed by atoms with Crippen LogP contribution in [0.5, 0.6) is 0 Å². The molecule has 6 heteroatoms. The maximum Gasteiger partial charge on any atom is 0.384 e. The van der Waals surface area contributed by atoms with E-state index in [9.17, 15) is 15.0 Å². The second kappa shape index (κ2) is 6.91. The van der Waals surface area contributed by atoms with E-state index < -0.39 is 23.9 Å². The zero-order valence-corrected chi connectivity index (χ0v) is 15.6. The number of carbonyl (C=O) groups excluding carboxylic acids is 2. The fourth-order valence-corrected chi connectivity index (χ4v) is 3.73. The van der Waals surface area contributed by atoms with Crippen LogP contribution in [0.2, 0.25) is 0 Å². The molecule has 27 heavy (non-hydrogen) atoms. The fourth-order valence-electron chi connectivity index (χ4n) is 3.46. The second-order valence-corrected chi connectivity index (χ2v) is 7.10. The molecule has 132 valence electrons. The second-order valence-electron chi connectivity index (χ2n) is 6.18. The van der Waals surface area contributed by atoms with Gasteiger partial charge in [-0.1, -0.05) is 40.2 Å². The van der Waals surface area contributed by atoms with Gasteiger partial charge in [-0.25, -0.2) is 9.59 Å². The van der Waals surface area contributed by atoms with Crippen molar-refractivity contribution in [3.63, 3.8) is 0 Å². The molecule has 1 aromatic heterocycles. The van der Waals surface area contributed by atoms with E-state index in [1.807, 2.05) is 54.4 Å². The van der Waals surface area contributed by atoms with Crippen LogP contribution < -0.4 is 4.57 Å². The Morgan fingerprint density at radius 2 is 1.70 bits per heavy atom. The number of aromatic nitrogens is 1. The number of pyridine rings is 1. The van der Waals surface area contributed by atoms with E-state index >= 15 is 0 Å². The van der Waals surface area contributed by atoms with Crippen molar-refractivity contribution < 1.29 is 18.9 Å². The largest absolute Gasteiger partial charge is 0.763 e. The first-order valence-electron chi connectivity index (χ1n) is 8.27. The summed E-state index contributed by atoms with van der Waals surface area (Å²) in [7, 11) is 0. The maximum atomic E-state index is 12.8. The van der Waals surface area contributed by atoms with E-state index in [0.717, 1.165) is 15.4 Å². The summed E-state index contributed by atoms with van der Waals surface area (Å²) in [6.07, 6.45) is 1.77. The number of carbonyl (C=O) groups is 2. The number of fused-ring (bicyclic) bond motifs is 1. The Hall–Kier alpha value is -3.08. The quantitative estimate of drug-likeness (QED) is 0.209. The highest BCUT2D eigenvalue weighted by atomic mass is 79.9. The van der Waals surface area contributed by atoms with Crippen molar-refractivity contribution in [2.24, 2.45) is 0 Å². The number of hydrogen-bond donors (Lipinski definition) is 0. The Kier molecular flexibility index (Phi) is 4.44. The van der Waals surface area contributed by atoms with E-state index in [2.05, 4.69) is 15.9 Å². The molecule has 0 radical (unpaired) electrons. The lowest BCUT2D eigenvalue weighted by atomic mass is 9.83. The predicted octanol–water partition coefficient (Wildman–Crippen LogP) is 3.46. The standard InChI is InChI=1S/C21H13BrN2O3/c22-15-9-7-14(8-10-15)18-16(12-23)20(25)27-21(26)19(18)24-11-3-5-13-4-1-2-6-17(13)24/h1-11,18-19H. The average molecular weight is 421 g/mol. The van der Waals surface area contributed by atoms with Crippen LogP contribution in [-0.4, -0.2) is 17.8 Å². The van der Waals surface area contributed by atoms with E-state index in [4.69, 9.17) is 4.74 Å². The van der Waals surface area contributed by atoms with Gasteiger partial charge in [0.2, 0.25) is 5.52 Å². The van der Waals surface area contributed by atoms with Crippen molar-refractivity contribution in [2.45, 2.75) is 12.0 Å². The van der Waals surface area contributed by atoms with Crippen LogP contribution >= 0.6 is 15.9 Å². The molecule has 2 atom stereocenters. The number of cyclic esters (lactones) is 2. The molecule has 0 bridgehead atoms. The number of para-hydroxylation sites is 1. The van der Waals surface area contributed by atoms with E-state index in [1.165, 1.54) is 0 Å². The molecule has 5 nitrogen and oxygen atoms in total. The number of benzene rings is 2. The minimum Gasteiger partial charge on any atom is -0.763 e. The van der Waals surface area contributed by atoms with Crippen molar-refractivity contribution in [1.29, 1.82) is 0 Å². The lowest BCUT2D eigenvalue weighted by Crippen LogP contribution is -2.52. The number of rotatable bonds is 2. The first kappa shape index (κ1) is 17.3. The summed E-state index contributed by atoms with van der Waals surface area (Å²) in [5.74, 6) is -0.334. The van der Waals surface area contributed by atoms with Crippen molar-refractivity contribution in [3.05, 3.63) is 87.9 Å². The van der Waals surface area contributed by atoms with Gasteiger partial charge in [-0.15, -0.1) is 0 Å². The Morgan fingerprint density at radius 1 is 1.00 bits per heavy atom. The molecule has 4 rings (SSSR count). The molecule has 0 aliphatic carbocycles. The van der Waals surface area contributed by atoms with Crippen LogP contribution in [0, 0.1) is 0 Å². The molecule has 1 saturated heterocycles. The molecule has 2 heterocycles. The lowest BCUT2D eigenvalue weighted by molar-refractivity contribution is -0.688. The monoisotopic (exact) mass is 420 g/mol. The van der Waals surface area contributed by atoms with Crippen LogP contribution in [0.25, 0.3) is 16.3 Å². The molecular weight excluding hydrogens is 408 g/mol. The number of halogens is 1. The zero-order valence-electron chi connectivity index (χ0n) is 14.0. The molecule has 3 aromatic rings. The Labute approximate surface area is 163 Å². The summed E-state index contributed by atoms with van der Waals surface area (Å²) in [6, 6.07) is 17.8. The molecular formula is C21H13BrN2O3. The predicted molar refractivity (Wildman–Crippen MR) is 103 cm³/mol. The molecule has 0 amide bonds. The molecule has 1 aliphatic rings. The zero-order chi connectivity index (χ0) is 19.0. The Morgan fingerprint density at radius 3 is 2.44 bits per heavy atom. The Bertz CT molecular complexity index is 1110. The molecule has 0 spiro atoms. The SMILES string of the molecule is [N-]=C=C1C(=O)OC(=O)C([n+]2cccc3ccccc32)C1c1ccc(Br)cc1. The van der Waals surface area contributed by atoms with Gasteiger partial charge < -0.3 is 10.1 Å². The molecule has 1 aliphatic heterocycles. The third-order valence-electron chi connectivity index (χ3n) is 4.67. The van der Waals surface area contributed by atoms with E-state index in [1.54, 1.807) is 22.9 Å². The minimum atomic E-state index is -0.882. The van der Waals surface area contributed by atoms with Gasteiger partial charge in [-0.05, 0) is 29.8 Å². The van der Waals surface area contributed by atoms with Crippen LogP contribution in [0.4, 0.5) is 0 Å². The molecule has 2 unspecified atom stereocenters. The number of nitrogens with zero attached hydrogens (tertiary/aromatic N) is 2. The van der Waals surface area contributed by atoms with Gasteiger partial charge in [-0.3, -0.25) is 5.87 Å². The first-order chi connectivity index (χ1) is 13.1. The van der Waals surface area contributed by atoms with Gasteiger partial charge in [0.05, 0.1) is 11.5 Å². The van der Waals surface area contributed by atoms with Gasteiger partial charge in [0, 0.05) is 22.0 Å². The van der Waals surface area contributed by atoms with Crippen molar-refractivity contribution in [1.82, 2.24) is 0 Å². The van der Waals surface area contributed by atoms with Gasteiger partial charge in [0.15, 0.2) is 6.20 Å². The summed E-state index contributed by atoms with van der Waals surface area (Å²) in [5.41, 5.74) is 1.43. The summed E-state index contributed by atoms with van der Waals surface area (Å²) < 4.78 is 7.55. The van der Waals surface area contributed by atoms with Crippen LogP contribution in [0.3, 0.4) is 0 Å². The Balaban J connectivity index is 1.97. The maximum absolute atomic E-state index is 12.8. The summed E-state index contributed by atoms with van der Waals surface area (Å²) in [5, 5.41) is 10.5. The highest BCUT2D eigenvalue weighted by Gasteiger charge is 2.49. The normalized spacial score (nSPS) is 19.7. The molecule has 0 N–H and O–H groups in total. The van der Waals surface area contributed by atoms with Crippen LogP contribution in [0.1, 0.15) is 17.5 Å². The third kappa shape index (κ3) is 2.99. The molecule has 0 saturated carbocycles. The highest BCUT2D eigenvalue weighted by Crippen LogP contribution is 2.37. The summed E-state index contributed by atoms with van der Waals surface area (Å²) >= 11 is 3.38. The first-order valence-corrected chi connectivity index (χ1v) is 9.07. The molecule has 2 aromatic carbocycles. The van der Waals surface area contributed by atoms with Gasteiger partial charge in [0.1, 0.15) is 0 Å². The van der Waals surface area contributed by atoms with Crippen molar-refractivity contribution >= 4 is 44.6 Å². The average Bonchev–Trinajstić information content (AvgIpc) is 2.68. The van der Waals surface area contributed by atoms with Crippen molar-refractivity contribution in [2.75, 3.05) is 0 Å². The number of esters is 2. The van der Waals surface area contributed by atoms with E-state index in [0.29, 0.717) is 5.56 Å². The topological polar surface area (TPSA) is 69.6 Å². The lowest BCUT2D eigenvalue weighted by Gasteiger charge is -2.28. The summed E-state index contributed by atoms with van der Waals surface area (Å²) in [6.45, 7) is 0. The van der Waals surface area contributed by atoms with E-state index in [-0.39, 0.29) is 5.57 Å². The van der Waals surface area contributed by atoms with Gasteiger partial charge in [-0.2, -0.15) is 4.57 Å². The smallest absolute Gasteiger partial charge is 0.384 e. The number of ether oxygens (including phenoxy) is 1. The molecule has 1 fully saturated rings. The summed E-state index contributed by atoms with van der Waals surface area (Å²) in [4.78, 5) is 25.0. The van der Waals surface area contributed by atoms with Gasteiger partial charge in [0.25, 0.3) is 6.04 Å². The third-order valence-corrected chi connectivity index (χ3v) is 5.20. The van der Waals surface area contributed by atoms with Crippen LogP contribution in [0.15, 0.2) is 76.9 Å². The fraction of sp³-hybridized carbons (Fsp3) is 0.0952. The number of hydrogen-bond acceptors (Lipinski definition) is 3. The van der Waals surface area contributed by atoms with Crippen LogP contribution in [-0.2, 0) is 14.3 Å². The minimum absolute atomic E-state index is 0.0812. The van der Waals surface area contributed by atoms with Gasteiger partial charge >= 0.3 is 11.9 Å².